The third-order valence-electron chi connectivity index (χ3n) is 3.50. The lowest BCUT2D eigenvalue weighted by molar-refractivity contribution is 0.0599. The van der Waals surface area contributed by atoms with Crippen LogP contribution in [0.15, 0.2) is 54.7 Å². The van der Waals surface area contributed by atoms with Gasteiger partial charge in [0.15, 0.2) is 0 Å². The lowest BCUT2D eigenvalue weighted by atomic mass is 10.1. The fraction of sp³-hybridized carbons (Fsp3) is 0.118. The number of aromatic nitrogens is 1. The third-order valence-corrected chi connectivity index (χ3v) is 3.73. The van der Waals surface area contributed by atoms with Crippen LogP contribution < -0.4 is 0 Å². The second-order valence-electron chi connectivity index (χ2n) is 4.80. The van der Waals surface area contributed by atoms with E-state index < -0.39 is 0 Å². The summed E-state index contributed by atoms with van der Waals surface area (Å²) in [6, 6.07) is 15.3. The molecule has 0 spiro atoms. The number of halogens is 1. The van der Waals surface area contributed by atoms with Gasteiger partial charge in [0, 0.05) is 23.3 Å². The van der Waals surface area contributed by atoms with Crippen LogP contribution in [0.25, 0.3) is 10.9 Å². The first-order valence-electron chi connectivity index (χ1n) is 6.59. The average Bonchev–Trinajstić information content (AvgIpc) is 2.89. The first kappa shape index (κ1) is 13.7. The number of methoxy groups -OCH3 is 1. The summed E-state index contributed by atoms with van der Waals surface area (Å²) in [6.07, 6.45) is 2.00. The molecule has 3 aromatic rings. The van der Waals surface area contributed by atoms with E-state index in [-0.39, 0.29) is 5.97 Å². The number of hydrogen-bond acceptors (Lipinski definition) is 2. The minimum absolute atomic E-state index is 0.319. The molecule has 0 unspecified atom stereocenters. The van der Waals surface area contributed by atoms with Crippen LogP contribution in [-0.2, 0) is 11.3 Å². The van der Waals surface area contributed by atoms with Crippen LogP contribution in [0.5, 0.6) is 0 Å². The summed E-state index contributed by atoms with van der Waals surface area (Å²) in [7, 11) is 1.39. The molecule has 3 nitrogen and oxygen atoms in total. The SMILES string of the molecule is COC(=O)c1ccccc1Cn1ccc2ccc(Cl)cc21. The zero-order chi connectivity index (χ0) is 14.8. The van der Waals surface area contributed by atoms with Crippen LogP contribution in [0.3, 0.4) is 0 Å². The lowest BCUT2D eigenvalue weighted by Gasteiger charge is -2.10. The summed E-state index contributed by atoms with van der Waals surface area (Å²) >= 11 is 6.07. The zero-order valence-electron chi connectivity index (χ0n) is 11.5. The van der Waals surface area contributed by atoms with E-state index in [2.05, 4.69) is 4.57 Å². The molecule has 0 radical (unpaired) electrons. The Balaban J connectivity index is 2.03. The van der Waals surface area contributed by atoms with Crippen molar-refractivity contribution in [3.05, 3.63) is 70.9 Å². The average molecular weight is 300 g/mol. The first-order chi connectivity index (χ1) is 10.2. The molecule has 0 aliphatic carbocycles. The van der Waals surface area contributed by atoms with Crippen LogP contribution in [0.4, 0.5) is 0 Å². The number of carbonyl (C=O) groups excluding carboxylic acids is 1. The molecule has 0 saturated carbocycles. The van der Waals surface area contributed by atoms with Crippen molar-refractivity contribution in [3.8, 4) is 0 Å². The number of benzene rings is 2. The van der Waals surface area contributed by atoms with Crippen LogP contribution in [0.1, 0.15) is 15.9 Å². The lowest BCUT2D eigenvalue weighted by Crippen LogP contribution is -2.08. The highest BCUT2D eigenvalue weighted by atomic mass is 35.5. The van der Waals surface area contributed by atoms with Gasteiger partial charge in [0.05, 0.1) is 12.7 Å². The Kier molecular flexibility index (Phi) is 3.67. The Morgan fingerprint density at radius 2 is 2.00 bits per heavy atom. The van der Waals surface area contributed by atoms with Crippen molar-refractivity contribution >= 4 is 28.5 Å². The zero-order valence-corrected chi connectivity index (χ0v) is 12.3. The molecule has 0 fully saturated rings. The van der Waals surface area contributed by atoms with Crippen molar-refractivity contribution in [1.82, 2.24) is 4.57 Å². The van der Waals surface area contributed by atoms with E-state index in [1.54, 1.807) is 6.07 Å². The van der Waals surface area contributed by atoms with Gasteiger partial charge in [-0.05, 0) is 35.2 Å². The van der Waals surface area contributed by atoms with Crippen LogP contribution in [0.2, 0.25) is 5.02 Å². The van der Waals surface area contributed by atoms with Gasteiger partial charge in [0.25, 0.3) is 0 Å². The Labute approximate surface area is 127 Å². The van der Waals surface area contributed by atoms with Gasteiger partial charge in [-0.25, -0.2) is 4.79 Å². The van der Waals surface area contributed by atoms with Crippen LogP contribution in [-0.4, -0.2) is 17.6 Å². The van der Waals surface area contributed by atoms with E-state index in [0.29, 0.717) is 17.1 Å². The predicted molar refractivity (Wildman–Crippen MR) is 83.8 cm³/mol. The van der Waals surface area contributed by atoms with E-state index in [4.69, 9.17) is 16.3 Å². The Morgan fingerprint density at radius 3 is 2.81 bits per heavy atom. The maximum absolute atomic E-state index is 11.8. The van der Waals surface area contributed by atoms with Gasteiger partial charge in [-0.3, -0.25) is 0 Å². The van der Waals surface area contributed by atoms with E-state index in [9.17, 15) is 4.79 Å². The van der Waals surface area contributed by atoms with Gasteiger partial charge in [-0.2, -0.15) is 0 Å². The van der Waals surface area contributed by atoms with Gasteiger partial charge < -0.3 is 9.30 Å². The number of hydrogen-bond donors (Lipinski definition) is 0. The van der Waals surface area contributed by atoms with Crippen molar-refractivity contribution < 1.29 is 9.53 Å². The molecular weight excluding hydrogens is 286 g/mol. The van der Waals surface area contributed by atoms with Crippen LogP contribution in [0, 0.1) is 0 Å². The smallest absolute Gasteiger partial charge is 0.338 e. The van der Waals surface area contributed by atoms with Crippen molar-refractivity contribution in [3.63, 3.8) is 0 Å². The van der Waals surface area contributed by atoms with Gasteiger partial charge in [0.1, 0.15) is 0 Å². The summed E-state index contributed by atoms with van der Waals surface area (Å²) < 4.78 is 6.91. The second-order valence-corrected chi connectivity index (χ2v) is 5.23. The standard InChI is InChI=1S/C17H14ClNO2/c1-21-17(20)15-5-3-2-4-13(15)11-19-9-8-12-6-7-14(18)10-16(12)19/h2-10H,11H2,1H3. The molecule has 4 heteroatoms. The third kappa shape index (κ3) is 2.65. The second kappa shape index (κ2) is 5.62. The molecule has 0 atom stereocenters. The minimum atomic E-state index is -0.319. The number of nitrogens with zero attached hydrogens (tertiary/aromatic N) is 1. The van der Waals surface area contributed by atoms with Crippen molar-refractivity contribution in [2.45, 2.75) is 6.54 Å². The van der Waals surface area contributed by atoms with Crippen LogP contribution >= 0.6 is 11.6 Å². The minimum Gasteiger partial charge on any atom is -0.465 e. The van der Waals surface area contributed by atoms with E-state index in [0.717, 1.165) is 16.5 Å². The molecule has 0 amide bonds. The first-order valence-corrected chi connectivity index (χ1v) is 6.97. The molecule has 1 aromatic heterocycles. The molecule has 0 N–H and O–H groups in total. The molecule has 0 bridgehead atoms. The largest absolute Gasteiger partial charge is 0.465 e. The Bertz CT molecular complexity index is 807. The van der Waals surface area contributed by atoms with Gasteiger partial charge in [-0.1, -0.05) is 35.9 Å². The number of ether oxygens (including phenoxy) is 1. The highest BCUT2D eigenvalue weighted by molar-refractivity contribution is 6.31. The highest BCUT2D eigenvalue weighted by Crippen LogP contribution is 2.22. The summed E-state index contributed by atoms with van der Waals surface area (Å²) in [6.45, 7) is 0.592. The van der Waals surface area contributed by atoms with E-state index >= 15 is 0 Å². The molecule has 3 rings (SSSR count). The molecule has 2 aromatic carbocycles. The summed E-state index contributed by atoms with van der Waals surface area (Å²) in [5, 5.41) is 1.82. The normalized spacial score (nSPS) is 10.8. The Hall–Kier alpha value is -2.26. The summed E-state index contributed by atoms with van der Waals surface area (Å²) in [4.78, 5) is 11.8. The molecule has 0 saturated heterocycles. The van der Waals surface area contributed by atoms with E-state index in [1.807, 2.05) is 48.7 Å². The Morgan fingerprint density at radius 1 is 1.19 bits per heavy atom. The number of fused-ring (bicyclic) bond motifs is 1. The van der Waals surface area contributed by atoms with E-state index in [1.165, 1.54) is 7.11 Å². The predicted octanol–water partition coefficient (Wildman–Crippen LogP) is 4.13. The fourth-order valence-corrected chi connectivity index (χ4v) is 2.61. The monoisotopic (exact) mass is 299 g/mol. The van der Waals surface area contributed by atoms with Gasteiger partial charge in [0.2, 0.25) is 0 Å². The quantitative estimate of drug-likeness (QED) is 0.681. The maximum atomic E-state index is 11.8. The summed E-state index contributed by atoms with van der Waals surface area (Å²) in [5.41, 5.74) is 2.55. The van der Waals surface area contributed by atoms with Gasteiger partial charge in [-0.15, -0.1) is 0 Å². The van der Waals surface area contributed by atoms with Gasteiger partial charge >= 0.3 is 5.97 Å². The number of esters is 1. The topological polar surface area (TPSA) is 31.2 Å². The van der Waals surface area contributed by atoms with Crippen molar-refractivity contribution in [1.29, 1.82) is 0 Å². The molecule has 106 valence electrons. The molecule has 0 aliphatic heterocycles. The summed E-state index contributed by atoms with van der Waals surface area (Å²) in [5.74, 6) is -0.319. The fourth-order valence-electron chi connectivity index (χ4n) is 2.45. The highest BCUT2D eigenvalue weighted by Gasteiger charge is 2.12. The molecule has 0 aliphatic rings. The number of carbonyl (C=O) groups is 1. The maximum Gasteiger partial charge on any atom is 0.338 e. The molecular formula is C17H14ClNO2. The van der Waals surface area contributed by atoms with Crippen molar-refractivity contribution in [2.75, 3.05) is 7.11 Å². The molecule has 21 heavy (non-hydrogen) atoms. The van der Waals surface area contributed by atoms with Crippen molar-refractivity contribution in [2.24, 2.45) is 0 Å². The molecule has 1 heterocycles. The number of rotatable bonds is 3.